The van der Waals surface area contributed by atoms with Crippen LogP contribution in [0.1, 0.15) is 119 Å². The lowest BCUT2D eigenvalue weighted by Gasteiger charge is -2.33. The van der Waals surface area contributed by atoms with Gasteiger partial charge in [-0.2, -0.15) is 0 Å². The summed E-state index contributed by atoms with van der Waals surface area (Å²) >= 11 is 0. The van der Waals surface area contributed by atoms with Crippen molar-refractivity contribution in [1.82, 2.24) is 54.8 Å². The van der Waals surface area contributed by atoms with Gasteiger partial charge in [-0.05, 0) is 269 Å². The maximum atomic E-state index is 6.33. The lowest BCUT2D eigenvalue weighted by molar-refractivity contribution is 0.597. The van der Waals surface area contributed by atoms with Gasteiger partial charge in [0.2, 0.25) is 28.6 Å². The summed E-state index contributed by atoms with van der Waals surface area (Å²) in [6.07, 6.45) is 11.5. The summed E-state index contributed by atoms with van der Waals surface area (Å²) in [4.78, 5) is 73.5. The summed E-state index contributed by atoms with van der Waals surface area (Å²) in [5.41, 5.74) is 28.2. The lowest BCUT2D eigenvalue weighted by Crippen LogP contribution is -2.42. The third-order valence-corrected chi connectivity index (χ3v) is 27.3. The van der Waals surface area contributed by atoms with Crippen LogP contribution in [0.4, 0.5) is 86.1 Å². The molecule has 134 heavy (non-hydrogen) atoms. The molecule has 5 aliphatic heterocycles. The van der Waals surface area contributed by atoms with Crippen molar-refractivity contribution in [3.8, 4) is 0 Å². The molecule has 26 heteroatoms. The number of furan rings is 5. The molecular formula is C108H107N21O5. The number of benzene rings is 5. The minimum Gasteiger partial charge on any atom is -0.435 e. The van der Waals surface area contributed by atoms with Crippen LogP contribution in [-0.2, 0) is 0 Å². The van der Waals surface area contributed by atoms with Crippen LogP contribution >= 0.6 is 0 Å². The van der Waals surface area contributed by atoms with Gasteiger partial charge >= 0.3 is 0 Å². The highest BCUT2D eigenvalue weighted by molar-refractivity contribution is 6.15. The second-order valence-corrected chi connectivity index (χ2v) is 36.5. The molecule has 15 aromatic heterocycles. The van der Waals surface area contributed by atoms with Crippen LogP contribution in [0.15, 0.2) is 229 Å². The topological polar surface area (TPSA) is 240 Å². The van der Waals surface area contributed by atoms with Gasteiger partial charge in [-0.25, -0.2) is 54.8 Å². The Bertz CT molecular complexity index is 7460. The van der Waals surface area contributed by atoms with Gasteiger partial charge < -0.3 is 66.2 Å². The molecule has 20 aromatic rings. The molecule has 20 heterocycles. The Kier molecular flexibility index (Phi) is 20.9. The number of hydrogen-bond donors (Lipinski definition) is 0. The quantitative estimate of drug-likeness (QED) is 0.144. The van der Waals surface area contributed by atoms with Crippen LogP contribution in [0.25, 0.3) is 110 Å². The highest BCUT2D eigenvalue weighted by Crippen LogP contribution is 2.55. The van der Waals surface area contributed by atoms with E-state index in [1.54, 1.807) is 12.4 Å². The molecule has 26 nitrogen and oxygen atoms in total. The maximum absolute atomic E-state index is 6.33. The lowest BCUT2D eigenvalue weighted by atomic mass is 10.1. The highest BCUT2D eigenvalue weighted by Gasteiger charge is 2.44. The standard InChI is InChI=1S/2C23H24N4O.2C21H20N4O.C20H19N5O/c1-13(2)26-16(5)27(19-7-6-12-24-22(19)26)20-14(3)8-10-17-18-11-9-15(4)25-23(18)28-21(17)20;1-13(2)26-16(5)27(22-19(26)7-6-12-24-22)20-14(3)8-10-17-18-11-9-15(4)25-23(18)28-21(17)20;1-12-7-9-15-16-10-8-13(2)23-21(16)26-19(15)18(12)25-14(3)24(4)20-17(25)6-5-11-22-20;1-12-7-9-15-16-10-8-13(2)23-21(16)26-19(15)18(12)25-14(3)24(4)17-6-5-11-22-20(17)25;1-11-5-7-14-15-8-6-12(2)23-20(15)26-17(14)16(11)25-13(3)24(4)18-19(25)22-10-9-21-18/h2*6-13,16H,1-5H3;2*5-11,14H,1-4H3;5-10,13H,1-4H3. The van der Waals surface area contributed by atoms with Crippen molar-refractivity contribution in [2.24, 2.45) is 0 Å². The molecule has 0 N–H and O–H groups in total. The first-order valence-corrected chi connectivity index (χ1v) is 45.9. The molecule has 5 atom stereocenters. The first-order valence-electron chi connectivity index (χ1n) is 45.9. The van der Waals surface area contributed by atoms with Gasteiger partial charge in [0.05, 0.1) is 51.2 Å². The molecule has 25 rings (SSSR count). The first-order chi connectivity index (χ1) is 64.6. The van der Waals surface area contributed by atoms with Crippen molar-refractivity contribution in [1.29, 1.82) is 0 Å². The second-order valence-electron chi connectivity index (χ2n) is 36.5. The third-order valence-electron chi connectivity index (χ3n) is 27.3. The van der Waals surface area contributed by atoms with E-state index < -0.39 is 0 Å². The highest BCUT2D eigenvalue weighted by atomic mass is 16.4. The van der Waals surface area contributed by atoms with Crippen LogP contribution in [-0.4, -0.2) is 119 Å². The summed E-state index contributed by atoms with van der Waals surface area (Å²) in [6.45, 7) is 40.4. The zero-order chi connectivity index (χ0) is 93.2. The van der Waals surface area contributed by atoms with Crippen LogP contribution < -0.4 is 49.0 Å². The number of pyridine rings is 9. The smallest absolute Gasteiger partial charge is 0.227 e. The molecule has 0 amide bonds. The van der Waals surface area contributed by atoms with E-state index in [1.807, 2.05) is 121 Å². The van der Waals surface area contributed by atoms with Gasteiger partial charge in [0.15, 0.2) is 62.8 Å². The number of fused-ring (bicyclic) bond motifs is 20. The third kappa shape index (κ3) is 13.7. The van der Waals surface area contributed by atoms with Gasteiger partial charge in [0.1, 0.15) is 30.8 Å². The Morgan fingerprint density at radius 2 is 0.485 bits per heavy atom. The molecule has 0 bridgehead atoms. The van der Waals surface area contributed by atoms with E-state index in [2.05, 4.69) is 320 Å². The summed E-state index contributed by atoms with van der Waals surface area (Å²) in [5.74, 6) is 5.67. The molecule has 5 aromatic carbocycles. The molecule has 0 fully saturated rings. The summed E-state index contributed by atoms with van der Waals surface area (Å²) < 4.78 is 31.4. The zero-order valence-electron chi connectivity index (χ0n) is 79.6. The Labute approximate surface area is 776 Å². The van der Waals surface area contributed by atoms with Crippen molar-refractivity contribution in [3.63, 3.8) is 0 Å². The van der Waals surface area contributed by atoms with E-state index in [4.69, 9.17) is 32.1 Å². The SMILES string of the molecule is Cc1ccc2c(n1)oc1c(N3c4cccnc4N(C(C)C)C3C)c(C)ccc12.Cc1ccc2c(n1)oc1c(N3c4cccnc4N(C)C3C)c(C)ccc12.Cc1ccc2c(n1)oc1c(N3c4ncccc4N(C(C)C)C3C)c(C)ccc12.Cc1ccc2c(n1)oc1c(N3c4ncccc4N(C)C3C)c(C)ccc12.Cc1ccc2c(n1)oc1c(N3c4nccnc4N(C)C3C)c(C)ccc12. The molecule has 5 unspecified atom stereocenters. The minimum atomic E-state index is 0.0830. The van der Waals surface area contributed by atoms with Crippen molar-refractivity contribution < 1.29 is 22.1 Å². The number of hydrogen-bond acceptors (Lipinski definition) is 26. The minimum absolute atomic E-state index is 0.0830. The first kappa shape index (κ1) is 85.3. The van der Waals surface area contributed by atoms with Crippen molar-refractivity contribution in [2.45, 2.75) is 174 Å². The van der Waals surface area contributed by atoms with Crippen molar-refractivity contribution in [2.75, 3.05) is 70.1 Å². The molecule has 0 spiro atoms. The number of anilines is 15. The molecule has 0 saturated heterocycles. The monoisotopic (exact) mass is 1780 g/mol. The fraction of sp³-hybridized carbons (Fsp3) is 0.269. The molecule has 0 aliphatic carbocycles. The molecule has 5 aliphatic rings. The average molecular weight is 1780 g/mol. The van der Waals surface area contributed by atoms with Crippen molar-refractivity contribution >= 4 is 196 Å². The summed E-state index contributed by atoms with van der Waals surface area (Å²) in [7, 11) is 6.22. The Morgan fingerprint density at radius 3 is 0.858 bits per heavy atom. The molecule has 0 radical (unpaired) electrons. The van der Waals surface area contributed by atoms with E-state index in [-0.39, 0.29) is 30.8 Å². The van der Waals surface area contributed by atoms with E-state index in [1.165, 1.54) is 11.1 Å². The second kappa shape index (κ2) is 32.8. The Morgan fingerprint density at radius 1 is 0.231 bits per heavy atom. The average Bonchev–Trinajstić information content (AvgIpc) is 1.59. The summed E-state index contributed by atoms with van der Waals surface area (Å²) in [6, 6.07) is 59.2. The van der Waals surface area contributed by atoms with Gasteiger partial charge in [-0.1, -0.05) is 60.7 Å². The number of rotatable bonds is 7. The molecular weight excluding hydrogens is 1670 g/mol. The van der Waals surface area contributed by atoms with Gasteiger partial charge in [-0.3, -0.25) is 4.90 Å². The van der Waals surface area contributed by atoms with Crippen LogP contribution in [0.2, 0.25) is 0 Å². The Balaban J connectivity index is 0.000000101. The van der Waals surface area contributed by atoms with E-state index in [9.17, 15) is 0 Å². The number of nitrogens with zero attached hydrogens (tertiary/aromatic N) is 21. The summed E-state index contributed by atoms with van der Waals surface area (Å²) in [5, 5.41) is 10.7. The predicted molar refractivity (Wildman–Crippen MR) is 542 cm³/mol. The Hall–Kier alpha value is -15.5. The maximum Gasteiger partial charge on any atom is 0.227 e. The van der Waals surface area contributed by atoms with Gasteiger partial charge in [0, 0.05) is 153 Å². The van der Waals surface area contributed by atoms with Gasteiger partial charge in [0.25, 0.3) is 0 Å². The molecule has 674 valence electrons. The molecule has 0 saturated carbocycles. The largest absolute Gasteiger partial charge is 0.435 e. The van der Waals surface area contributed by atoms with Crippen LogP contribution in [0, 0.1) is 69.2 Å². The van der Waals surface area contributed by atoms with Crippen molar-refractivity contribution in [3.05, 3.63) is 263 Å². The number of aryl methyl sites for hydroxylation is 10. The zero-order valence-corrected chi connectivity index (χ0v) is 79.6. The van der Waals surface area contributed by atoms with E-state index in [0.29, 0.717) is 40.7 Å². The predicted octanol–water partition coefficient (Wildman–Crippen LogP) is 25.6. The van der Waals surface area contributed by atoms with Crippen LogP contribution in [0.3, 0.4) is 0 Å². The van der Waals surface area contributed by atoms with Crippen LogP contribution in [0.5, 0.6) is 0 Å². The number of aromatic nitrogens is 11. The fourth-order valence-corrected chi connectivity index (χ4v) is 20.5. The van der Waals surface area contributed by atoms with Gasteiger partial charge in [-0.15, -0.1) is 0 Å². The van der Waals surface area contributed by atoms with E-state index >= 15 is 0 Å². The van der Waals surface area contributed by atoms with E-state index in [0.717, 1.165) is 213 Å². The normalized spacial score (nSPS) is 16.6. The fourth-order valence-electron chi connectivity index (χ4n) is 20.5.